The molecule has 5 rings (SSSR count). The van der Waals surface area contributed by atoms with Crippen LogP contribution in [0.1, 0.15) is 18.7 Å². The van der Waals surface area contributed by atoms with E-state index in [1.807, 2.05) is 67.6 Å². The molecule has 1 amide bonds. The van der Waals surface area contributed by atoms with Gasteiger partial charge in [0.1, 0.15) is 29.6 Å². The molecule has 8 nitrogen and oxygen atoms in total. The molecule has 0 radical (unpaired) electrons. The van der Waals surface area contributed by atoms with E-state index in [0.29, 0.717) is 16.8 Å². The van der Waals surface area contributed by atoms with Gasteiger partial charge in [-0.3, -0.25) is 14.2 Å². The first-order valence-corrected chi connectivity index (χ1v) is 9.86. The maximum atomic E-state index is 12.9. The van der Waals surface area contributed by atoms with Gasteiger partial charge in [-0.25, -0.2) is 9.67 Å². The number of carbonyl (C=O) groups is 1. The Morgan fingerprint density at radius 1 is 1.13 bits per heavy atom. The van der Waals surface area contributed by atoms with Crippen molar-refractivity contribution in [2.75, 3.05) is 0 Å². The maximum Gasteiger partial charge on any atom is 0.264 e. The molecule has 2 aromatic carbocycles. The Morgan fingerprint density at radius 3 is 2.71 bits per heavy atom. The van der Waals surface area contributed by atoms with Gasteiger partial charge in [-0.2, -0.15) is 5.10 Å². The first-order chi connectivity index (χ1) is 15.1. The predicted molar refractivity (Wildman–Crippen MR) is 116 cm³/mol. The molecule has 0 aliphatic heterocycles. The summed E-state index contributed by atoms with van der Waals surface area (Å²) >= 11 is 0. The Balaban J connectivity index is 1.35. The van der Waals surface area contributed by atoms with Crippen LogP contribution >= 0.6 is 0 Å². The van der Waals surface area contributed by atoms with Gasteiger partial charge < -0.3 is 9.73 Å². The third-order valence-electron chi connectivity index (χ3n) is 5.12. The van der Waals surface area contributed by atoms with E-state index in [1.165, 1.54) is 17.1 Å². The van der Waals surface area contributed by atoms with E-state index in [0.717, 1.165) is 16.7 Å². The number of hydrogen-bond acceptors (Lipinski definition) is 5. The van der Waals surface area contributed by atoms with Crippen LogP contribution in [0.4, 0.5) is 0 Å². The number of aromatic nitrogens is 4. The molecule has 0 unspecified atom stereocenters. The second kappa shape index (κ2) is 7.56. The highest BCUT2D eigenvalue weighted by Crippen LogP contribution is 2.23. The molecule has 0 bridgehead atoms. The van der Waals surface area contributed by atoms with Gasteiger partial charge in [-0.1, -0.05) is 36.4 Å². The van der Waals surface area contributed by atoms with Gasteiger partial charge in [-0.15, -0.1) is 0 Å². The average molecular weight is 413 g/mol. The normalized spacial score (nSPS) is 12.3. The SMILES string of the molecule is C[C@H](NC(=O)Cn1cnc2c(cnn2-c2ccccc2)c1=O)c1cc2ccccc2o1. The molecule has 0 spiro atoms. The summed E-state index contributed by atoms with van der Waals surface area (Å²) in [4.78, 5) is 29.8. The first kappa shape index (κ1) is 18.8. The number of para-hydroxylation sites is 2. The van der Waals surface area contributed by atoms with Crippen molar-refractivity contribution in [2.45, 2.75) is 19.5 Å². The van der Waals surface area contributed by atoms with Crippen molar-refractivity contribution >= 4 is 27.9 Å². The summed E-state index contributed by atoms with van der Waals surface area (Å²) in [5.74, 6) is 0.339. The number of nitrogens with zero attached hydrogens (tertiary/aromatic N) is 4. The molecule has 0 fully saturated rings. The Bertz CT molecular complexity index is 1420. The predicted octanol–water partition coefficient (Wildman–Crippen LogP) is 3.21. The quantitative estimate of drug-likeness (QED) is 0.477. The number of hydrogen-bond donors (Lipinski definition) is 1. The van der Waals surface area contributed by atoms with Crippen molar-refractivity contribution in [1.82, 2.24) is 24.6 Å². The lowest BCUT2D eigenvalue weighted by Gasteiger charge is -2.12. The van der Waals surface area contributed by atoms with Crippen LogP contribution < -0.4 is 10.9 Å². The molecule has 3 aromatic heterocycles. The second-order valence-corrected chi connectivity index (χ2v) is 7.28. The van der Waals surface area contributed by atoms with E-state index in [9.17, 15) is 9.59 Å². The third kappa shape index (κ3) is 3.48. The Hall–Kier alpha value is -4.20. The fourth-order valence-corrected chi connectivity index (χ4v) is 3.55. The summed E-state index contributed by atoms with van der Waals surface area (Å²) in [7, 11) is 0. The summed E-state index contributed by atoms with van der Waals surface area (Å²) in [6.45, 7) is 1.69. The monoisotopic (exact) mass is 413 g/mol. The topological polar surface area (TPSA) is 95.0 Å². The van der Waals surface area contributed by atoms with E-state index in [1.54, 1.807) is 4.68 Å². The Kier molecular flexibility index (Phi) is 4.59. The van der Waals surface area contributed by atoms with Crippen molar-refractivity contribution in [3.05, 3.63) is 89.3 Å². The van der Waals surface area contributed by atoms with Gasteiger partial charge in [0.2, 0.25) is 5.91 Å². The molecule has 3 heterocycles. The van der Waals surface area contributed by atoms with Gasteiger partial charge >= 0.3 is 0 Å². The molecule has 0 aliphatic rings. The van der Waals surface area contributed by atoms with Crippen molar-refractivity contribution < 1.29 is 9.21 Å². The molecule has 5 aromatic rings. The lowest BCUT2D eigenvalue weighted by Crippen LogP contribution is -2.33. The highest BCUT2D eigenvalue weighted by Gasteiger charge is 2.17. The zero-order valence-electron chi connectivity index (χ0n) is 16.7. The van der Waals surface area contributed by atoms with Gasteiger partial charge in [0.15, 0.2) is 5.65 Å². The lowest BCUT2D eigenvalue weighted by molar-refractivity contribution is -0.122. The summed E-state index contributed by atoms with van der Waals surface area (Å²) < 4.78 is 8.68. The molecule has 31 heavy (non-hydrogen) atoms. The second-order valence-electron chi connectivity index (χ2n) is 7.28. The van der Waals surface area contributed by atoms with Gasteiger partial charge in [0.25, 0.3) is 5.56 Å². The van der Waals surface area contributed by atoms with Crippen molar-refractivity contribution in [1.29, 1.82) is 0 Å². The molecule has 0 aliphatic carbocycles. The summed E-state index contributed by atoms with van der Waals surface area (Å²) in [6.07, 6.45) is 2.85. The molecule has 1 atom stereocenters. The fourth-order valence-electron chi connectivity index (χ4n) is 3.55. The van der Waals surface area contributed by atoms with Gasteiger partial charge in [0.05, 0.1) is 17.9 Å². The number of fused-ring (bicyclic) bond motifs is 2. The fraction of sp³-hybridized carbons (Fsp3) is 0.130. The third-order valence-corrected chi connectivity index (χ3v) is 5.12. The van der Waals surface area contributed by atoms with E-state index >= 15 is 0 Å². The standard InChI is InChI=1S/C23H19N5O3/c1-15(20-11-16-7-5-6-10-19(16)31-20)26-21(29)13-27-14-24-22-18(23(27)30)12-25-28(22)17-8-3-2-4-9-17/h2-12,14-15H,13H2,1H3,(H,26,29)/t15-/m0/s1. The van der Waals surface area contributed by atoms with E-state index < -0.39 is 0 Å². The summed E-state index contributed by atoms with van der Waals surface area (Å²) in [5.41, 5.74) is 1.70. The number of amides is 1. The zero-order chi connectivity index (χ0) is 21.4. The zero-order valence-corrected chi connectivity index (χ0v) is 16.7. The molecule has 0 saturated carbocycles. The number of carbonyl (C=O) groups excluding carboxylic acids is 1. The molecule has 8 heteroatoms. The van der Waals surface area contributed by atoms with E-state index in [-0.39, 0.29) is 24.1 Å². The van der Waals surface area contributed by atoms with E-state index in [2.05, 4.69) is 15.4 Å². The number of benzene rings is 2. The van der Waals surface area contributed by atoms with E-state index in [4.69, 9.17) is 4.42 Å². The molecule has 154 valence electrons. The molecule has 0 saturated heterocycles. The Labute approximate surface area is 176 Å². The number of nitrogens with one attached hydrogen (secondary N) is 1. The van der Waals surface area contributed by atoms with Gasteiger partial charge in [0, 0.05) is 5.39 Å². The maximum absolute atomic E-state index is 12.9. The van der Waals surface area contributed by atoms with Gasteiger partial charge in [-0.05, 0) is 31.2 Å². The van der Waals surface area contributed by atoms with Crippen LogP contribution in [-0.2, 0) is 11.3 Å². The average Bonchev–Trinajstić information content (AvgIpc) is 3.41. The Morgan fingerprint density at radius 2 is 1.90 bits per heavy atom. The van der Waals surface area contributed by atoms with Crippen molar-refractivity contribution in [2.24, 2.45) is 0 Å². The van der Waals surface area contributed by atoms with Crippen molar-refractivity contribution in [3.8, 4) is 5.69 Å². The minimum atomic E-state index is -0.340. The molecular formula is C23H19N5O3. The largest absolute Gasteiger partial charge is 0.459 e. The minimum absolute atomic E-state index is 0.150. The van der Waals surface area contributed by atoms with Crippen LogP contribution in [-0.4, -0.2) is 25.2 Å². The number of furan rings is 1. The van der Waals surface area contributed by atoms with Crippen LogP contribution in [0, 0.1) is 0 Å². The summed E-state index contributed by atoms with van der Waals surface area (Å²) in [6, 6.07) is 18.7. The number of rotatable bonds is 5. The molecular weight excluding hydrogens is 394 g/mol. The highest BCUT2D eigenvalue weighted by molar-refractivity contribution is 5.80. The highest BCUT2D eigenvalue weighted by atomic mass is 16.3. The van der Waals surface area contributed by atoms with Crippen molar-refractivity contribution in [3.63, 3.8) is 0 Å². The molecule has 1 N–H and O–H groups in total. The summed E-state index contributed by atoms with van der Waals surface area (Å²) in [5, 5.41) is 8.48. The smallest absolute Gasteiger partial charge is 0.264 e. The van der Waals surface area contributed by atoms with Crippen LogP contribution in [0.15, 0.2) is 82.4 Å². The van der Waals surface area contributed by atoms with Crippen LogP contribution in [0.2, 0.25) is 0 Å². The lowest BCUT2D eigenvalue weighted by atomic mass is 10.2. The van der Waals surface area contributed by atoms with Crippen LogP contribution in [0.3, 0.4) is 0 Å². The van der Waals surface area contributed by atoms with Crippen LogP contribution in [0.5, 0.6) is 0 Å². The van der Waals surface area contributed by atoms with Crippen LogP contribution in [0.25, 0.3) is 27.7 Å². The first-order valence-electron chi connectivity index (χ1n) is 9.86. The minimum Gasteiger partial charge on any atom is -0.459 e.